The van der Waals surface area contributed by atoms with Crippen molar-refractivity contribution >= 4 is 0 Å². The molecule has 0 radical (unpaired) electrons. The summed E-state index contributed by atoms with van der Waals surface area (Å²) in [4.78, 5) is 0. The van der Waals surface area contributed by atoms with Crippen molar-refractivity contribution in [2.24, 2.45) is 0 Å². The van der Waals surface area contributed by atoms with Crippen LogP contribution >= 0.6 is 0 Å². The van der Waals surface area contributed by atoms with Gasteiger partial charge in [-0.05, 0) is 6.92 Å². The van der Waals surface area contributed by atoms with Crippen molar-refractivity contribution in [2.45, 2.75) is 6.92 Å². The Morgan fingerprint density at radius 1 is 2.00 bits per heavy atom. The Balaban J connectivity index is 3.17. The maximum absolute atomic E-state index is 11.0. The Morgan fingerprint density at radius 2 is 2.57 bits per heavy atom. The van der Waals surface area contributed by atoms with Crippen LogP contribution in [0.3, 0.4) is 0 Å². The van der Waals surface area contributed by atoms with Crippen molar-refractivity contribution in [3.05, 3.63) is 12.3 Å². The van der Waals surface area contributed by atoms with Crippen LogP contribution in [0.15, 0.2) is 12.3 Å². The molecular weight excluding hydrogens is 99.0 g/mol. The fraction of sp³-hybridized carbons (Fsp3) is 0.500. The van der Waals surface area contributed by atoms with E-state index in [-0.39, 0.29) is 12.9 Å². The molecule has 0 rings (SSSR count). The minimum Gasteiger partial charge on any atom is -0.479 e. The molecule has 0 aliphatic carbocycles. The summed E-state index contributed by atoms with van der Waals surface area (Å²) in [5.41, 5.74) is 0. The summed E-state index contributed by atoms with van der Waals surface area (Å²) in [7, 11) is 0. The summed E-state index contributed by atoms with van der Waals surface area (Å²) >= 11 is 0. The fourth-order valence-electron chi connectivity index (χ4n) is 0.179. The Morgan fingerprint density at radius 3 is 2.71 bits per heavy atom. The van der Waals surface area contributed by atoms with Crippen molar-refractivity contribution in [3.63, 3.8) is 0 Å². The third-order valence-corrected chi connectivity index (χ3v) is 0.386. The zero-order valence-corrected chi connectivity index (χ0v) is 4.02. The quantitative estimate of drug-likeness (QED) is 0.538. The molecule has 0 saturated carbocycles. The van der Waals surface area contributed by atoms with Gasteiger partial charge in [0, 0.05) is 0 Å². The van der Waals surface area contributed by atoms with Crippen LogP contribution in [0.2, 0.25) is 0 Å². The third kappa shape index (κ3) is 3.09. The number of rotatable bonds is 2. The Labute approximate surface area is 41.2 Å². The molecule has 0 aliphatic rings. The highest BCUT2D eigenvalue weighted by molar-refractivity contribution is 4.68. The van der Waals surface area contributed by atoms with E-state index in [9.17, 15) is 4.39 Å². The smallest absolute Gasteiger partial charge is 0.306 e. The van der Waals surface area contributed by atoms with Gasteiger partial charge in [-0.15, -0.1) is 0 Å². The van der Waals surface area contributed by atoms with Gasteiger partial charge in [0.15, 0.2) is 6.33 Å². The maximum Gasteiger partial charge on any atom is 0.306 e. The van der Waals surface area contributed by atoms with Crippen molar-refractivity contribution in [1.82, 2.24) is 0 Å². The molecule has 0 aliphatic heterocycles. The lowest BCUT2D eigenvalue weighted by molar-refractivity contribution is 0.0962. The molecule has 42 valence electrons. The largest absolute Gasteiger partial charge is 0.479 e. The second kappa shape index (κ2) is 3.46. The molecule has 0 amide bonds. The molecule has 7 heavy (non-hydrogen) atoms. The van der Waals surface area contributed by atoms with Crippen LogP contribution in [0, 0.1) is 0 Å². The van der Waals surface area contributed by atoms with Crippen LogP contribution in [-0.2, 0) is 4.74 Å². The molecule has 0 heterocycles. The second-order valence-corrected chi connectivity index (χ2v) is 0.880. The highest BCUT2D eigenvalue weighted by Gasteiger charge is 1.84. The topological polar surface area (TPSA) is 29.5 Å². The molecule has 0 aromatic rings. The van der Waals surface area contributed by atoms with Crippen molar-refractivity contribution in [1.29, 1.82) is 0 Å². The molecule has 0 aromatic carbocycles. The highest BCUT2D eigenvalue weighted by atomic mass is 19.1. The standard InChI is InChI=1S/C4H7FO2/c1-2-7-4(6)3-5/h3,6H,2H2,1H3/b4-3+. The Hall–Kier alpha value is -0.730. The highest BCUT2D eigenvalue weighted by Crippen LogP contribution is 1.88. The minimum atomic E-state index is -0.664. The van der Waals surface area contributed by atoms with Gasteiger partial charge in [0.1, 0.15) is 0 Å². The van der Waals surface area contributed by atoms with Gasteiger partial charge in [0.25, 0.3) is 0 Å². The summed E-state index contributed by atoms with van der Waals surface area (Å²) in [6.07, 6.45) is 0.00347. The number of halogens is 1. The first-order chi connectivity index (χ1) is 3.31. The molecule has 0 spiro atoms. The number of hydrogen-bond donors (Lipinski definition) is 1. The van der Waals surface area contributed by atoms with Crippen LogP contribution in [0.4, 0.5) is 4.39 Å². The van der Waals surface area contributed by atoms with E-state index in [4.69, 9.17) is 5.11 Å². The minimum absolute atomic E-state index is 0.00347. The molecule has 0 unspecified atom stereocenters. The van der Waals surface area contributed by atoms with Gasteiger partial charge in [-0.1, -0.05) is 0 Å². The number of hydrogen-bond acceptors (Lipinski definition) is 2. The zero-order valence-electron chi connectivity index (χ0n) is 4.02. The van der Waals surface area contributed by atoms with Gasteiger partial charge >= 0.3 is 5.95 Å². The van der Waals surface area contributed by atoms with Crippen LogP contribution in [0.1, 0.15) is 6.92 Å². The lowest BCUT2D eigenvalue weighted by atomic mass is 10.8. The summed E-state index contributed by atoms with van der Waals surface area (Å²) in [6.45, 7) is 1.94. The lowest BCUT2D eigenvalue weighted by Crippen LogP contribution is -1.86. The van der Waals surface area contributed by atoms with E-state index in [1.807, 2.05) is 0 Å². The first kappa shape index (κ1) is 6.27. The third-order valence-electron chi connectivity index (χ3n) is 0.386. The van der Waals surface area contributed by atoms with Crippen LogP contribution in [-0.4, -0.2) is 11.7 Å². The Bertz CT molecular complexity index is 70.1. The number of aliphatic hydroxyl groups is 1. The molecule has 0 fully saturated rings. The number of ether oxygens (including phenoxy) is 1. The zero-order chi connectivity index (χ0) is 5.70. The summed E-state index contributed by atoms with van der Waals surface area (Å²) in [5.74, 6) is -0.664. The van der Waals surface area contributed by atoms with E-state index in [0.717, 1.165) is 0 Å². The normalized spacial score (nSPS) is 11.4. The van der Waals surface area contributed by atoms with Crippen LogP contribution in [0.25, 0.3) is 0 Å². The second-order valence-electron chi connectivity index (χ2n) is 0.880. The van der Waals surface area contributed by atoms with E-state index >= 15 is 0 Å². The number of aliphatic hydroxyl groups excluding tert-OH is 1. The van der Waals surface area contributed by atoms with E-state index in [0.29, 0.717) is 0 Å². The van der Waals surface area contributed by atoms with Crippen molar-refractivity contribution in [3.8, 4) is 0 Å². The van der Waals surface area contributed by atoms with Gasteiger partial charge in [-0.2, -0.15) is 0 Å². The predicted octanol–water partition coefficient (Wildman–Crippen LogP) is 1.35. The van der Waals surface area contributed by atoms with E-state index in [1.54, 1.807) is 6.92 Å². The van der Waals surface area contributed by atoms with Crippen LogP contribution in [0.5, 0.6) is 0 Å². The van der Waals surface area contributed by atoms with Crippen molar-refractivity contribution in [2.75, 3.05) is 6.61 Å². The molecule has 0 bridgehead atoms. The summed E-state index contributed by atoms with van der Waals surface area (Å²) in [5, 5.41) is 8.12. The first-order valence-corrected chi connectivity index (χ1v) is 1.93. The van der Waals surface area contributed by atoms with E-state index in [2.05, 4.69) is 4.74 Å². The predicted molar refractivity (Wildman–Crippen MR) is 23.4 cm³/mol. The summed E-state index contributed by atoms with van der Waals surface area (Å²) < 4.78 is 15.3. The average molecular weight is 106 g/mol. The molecule has 2 nitrogen and oxygen atoms in total. The summed E-state index contributed by atoms with van der Waals surface area (Å²) in [6, 6.07) is 0. The Kier molecular flexibility index (Phi) is 3.10. The van der Waals surface area contributed by atoms with Gasteiger partial charge in [-0.25, -0.2) is 4.39 Å². The van der Waals surface area contributed by atoms with Crippen LogP contribution < -0.4 is 0 Å². The lowest BCUT2D eigenvalue weighted by Gasteiger charge is -1.94. The molecular formula is C4H7FO2. The molecule has 1 N–H and O–H groups in total. The van der Waals surface area contributed by atoms with E-state index in [1.165, 1.54) is 0 Å². The SMILES string of the molecule is CCO/C(O)=C/F. The first-order valence-electron chi connectivity index (χ1n) is 1.93. The maximum atomic E-state index is 11.0. The van der Waals surface area contributed by atoms with Crippen molar-refractivity contribution < 1.29 is 14.2 Å². The van der Waals surface area contributed by atoms with Gasteiger partial charge in [-0.3, -0.25) is 0 Å². The van der Waals surface area contributed by atoms with E-state index < -0.39 is 5.95 Å². The fourth-order valence-corrected chi connectivity index (χ4v) is 0.179. The molecule has 0 atom stereocenters. The van der Waals surface area contributed by atoms with Gasteiger partial charge in [0.05, 0.1) is 6.61 Å². The monoisotopic (exact) mass is 106 g/mol. The average Bonchev–Trinajstić information content (AvgIpc) is 1.68. The molecule has 0 aromatic heterocycles. The molecule has 0 saturated heterocycles. The van der Waals surface area contributed by atoms with Gasteiger partial charge in [0.2, 0.25) is 0 Å². The molecule has 3 heteroatoms. The van der Waals surface area contributed by atoms with Gasteiger partial charge < -0.3 is 9.84 Å².